The van der Waals surface area contributed by atoms with E-state index in [1.165, 1.54) is 5.56 Å². The van der Waals surface area contributed by atoms with Gasteiger partial charge in [-0.15, -0.1) is 6.58 Å². The lowest BCUT2D eigenvalue weighted by atomic mass is 9.88. The molecule has 1 aliphatic heterocycles. The van der Waals surface area contributed by atoms with Crippen molar-refractivity contribution in [3.05, 3.63) is 115 Å². The van der Waals surface area contributed by atoms with E-state index in [1.54, 1.807) is 0 Å². The molecule has 1 aliphatic carbocycles. The smallest absolute Gasteiger partial charge is 0.261 e. The van der Waals surface area contributed by atoms with Gasteiger partial charge in [-0.2, -0.15) is 0 Å². The standard InChI is InChI=1S/C36H43N3O3/c1-3-21-39(35(40)27-42-33-17-11-6-12-18-33)31-19-22-38(23-20-31)26-30-24-32(25-34(30)28-13-7-4-8-14-28)37(2)36(41)29-15-9-5-10-16-29/h3-18,30-32,34H,1,19-27H2,2H3/t30-,32?,34?/m1/s1. The van der Waals surface area contributed by atoms with Crippen molar-refractivity contribution in [2.45, 2.75) is 43.7 Å². The molecule has 0 radical (unpaired) electrons. The van der Waals surface area contributed by atoms with Gasteiger partial charge in [-0.05, 0) is 67.3 Å². The first-order valence-electron chi connectivity index (χ1n) is 15.2. The molecule has 6 heteroatoms. The summed E-state index contributed by atoms with van der Waals surface area (Å²) in [5.74, 6) is 1.68. The van der Waals surface area contributed by atoms with Gasteiger partial charge in [-0.1, -0.05) is 72.8 Å². The van der Waals surface area contributed by atoms with Crippen LogP contribution in [0.4, 0.5) is 0 Å². The summed E-state index contributed by atoms with van der Waals surface area (Å²) in [6.45, 7) is 7.37. The van der Waals surface area contributed by atoms with Gasteiger partial charge in [0.1, 0.15) is 5.75 Å². The summed E-state index contributed by atoms with van der Waals surface area (Å²) in [6, 6.07) is 30.3. The minimum atomic E-state index is 0.00565. The van der Waals surface area contributed by atoms with Crippen LogP contribution in [0.5, 0.6) is 5.75 Å². The minimum absolute atomic E-state index is 0.00565. The average molecular weight is 566 g/mol. The number of nitrogens with zero attached hydrogens (tertiary/aromatic N) is 3. The van der Waals surface area contributed by atoms with Gasteiger partial charge in [0.15, 0.2) is 6.61 Å². The maximum Gasteiger partial charge on any atom is 0.261 e. The molecule has 3 aromatic carbocycles. The summed E-state index contributed by atoms with van der Waals surface area (Å²) in [4.78, 5) is 32.9. The Balaban J connectivity index is 1.20. The van der Waals surface area contributed by atoms with Crippen LogP contribution in [0, 0.1) is 5.92 Å². The third-order valence-corrected chi connectivity index (χ3v) is 9.03. The van der Waals surface area contributed by atoms with Crippen LogP contribution in [0.2, 0.25) is 0 Å². The summed E-state index contributed by atoms with van der Waals surface area (Å²) in [7, 11) is 1.96. The molecule has 2 unspecified atom stereocenters. The molecule has 220 valence electrons. The van der Waals surface area contributed by atoms with Crippen LogP contribution < -0.4 is 4.74 Å². The number of amides is 2. The van der Waals surface area contributed by atoms with Gasteiger partial charge in [-0.3, -0.25) is 9.59 Å². The van der Waals surface area contributed by atoms with Crippen molar-refractivity contribution >= 4 is 11.8 Å². The number of carbonyl (C=O) groups excluding carboxylic acids is 2. The van der Waals surface area contributed by atoms with E-state index in [0.717, 1.165) is 50.9 Å². The van der Waals surface area contributed by atoms with Gasteiger partial charge in [0.2, 0.25) is 0 Å². The number of para-hydroxylation sites is 1. The number of benzene rings is 3. The fraction of sp³-hybridized carbons (Fsp3) is 0.389. The van der Waals surface area contributed by atoms with Crippen molar-refractivity contribution in [1.82, 2.24) is 14.7 Å². The van der Waals surface area contributed by atoms with E-state index in [2.05, 4.69) is 41.8 Å². The van der Waals surface area contributed by atoms with E-state index in [-0.39, 0.29) is 30.5 Å². The zero-order valence-corrected chi connectivity index (χ0v) is 24.7. The topological polar surface area (TPSA) is 53.1 Å². The average Bonchev–Trinajstić information content (AvgIpc) is 3.47. The predicted molar refractivity (Wildman–Crippen MR) is 168 cm³/mol. The molecule has 42 heavy (non-hydrogen) atoms. The van der Waals surface area contributed by atoms with Crippen LogP contribution in [-0.4, -0.2) is 78.4 Å². The maximum atomic E-state index is 13.3. The molecule has 5 rings (SSSR count). The molecule has 2 fully saturated rings. The summed E-state index contributed by atoms with van der Waals surface area (Å²) in [5.41, 5.74) is 2.11. The van der Waals surface area contributed by atoms with Crippen molar-refractivity contribution in [3.63, 3.8) is 0 Å². The molecule has 0 spiro atoms. The van der Waals surface area contributed by atoms with Crippen LogP contribution >= 0.6 is 0 Å². The van der Waals surface area contributed by atoms with Gasteiger partial charge >= 0.3 is 0 Å². The number of likely N-dealkylation sites (tertiary alicyclic amines) is 1. The quantitative estimate of drug-likeness (QED) is 0.273. The van der Waals surface area contributed by atoms with Crippen LogP contribution in [-0.2, 0) is 4.79 Å². The molecule has 1 heterocycles. The minimum Gasteiger partial charge on any atom is -0.484 e. The van der Waals surface area contributed by atoms with Gasteiger partial charge in [0.05, 0.1) is 0 Å². The third kappa shape index (κ3) is 7.29. The Kier molecular flexibility index (Phi) is 10.1. The third-order valence-electron chi connectivity index (χ3n) is 9.03. The first kappa shape index (κ1) is 29.6. The number of piperidine rings is 1. The molecule has 2 amide bonds. The molecule has 1 saturated carbocycles. The van der Waals surface area contributed by atoms with Crippen molar-refractivity contribution < 1.29 is 14.3 Å². The molecule has 3 aromatic rings. The van der Waals surface area contributed by atoms with Crippen LogP contribution in [0.1, 0.15) is 47.5 Å². The Morgan fingerprint density at radius 3 is 2.14 bits per heavy atom. The first-order chi connectivity index (χ1) is 20.5. The Morgan fingerprint density at radius 2 is 1.50 bits per heavy atom. The Bertz CT molecular complexity index is 1290. The highest BCUT2D eigenvalue weighted by molar-refractivity contribution is 5.94. The van der Waals surface area contributed by atoms with E-state index in [9.17, 15) is 9.59 Å². The molecular weight excluding hydrogens is 522 g/mol. The highest BCUT2D eigenvalue weighted by atomic mass is 16.5. The van der Waals surface area contributed by atoms with Crippen molar-refractivity contribution in [3.8, 4) is 5.75 Å². The van der Waals surface area contributed by atoms with Crippen LogP contribution in [0.3, 0.4) is 0 Å². The lowest BCUT2D eigenvalue weighted by Gasteiger charge is -2.39. The van der Waals surface area contributed by atoms with Crippen molar-refractivity contribution in [2.75, 3.05) is 39.8 Å². The predicted octanol–water partition coefficient (Wildman–Crippen LogP) is 5.88. The normalized spacial score (nSPS) is 21.0. The highest BCUT2D eigenvalue weighted by Crippen LogP contribution is 2.42. The van der Waals surface area contributed by atoms with Gasteiger partial charge in [0.25, 0.3) is 11.8 Å². The maximum absolute atomic E-state index is 13.3. The molecule has 2 aliphatic rings. The number of rotatable bonds is 11. The number of ether oxygens (including phenoxy) is 1. The van der Waals surface area contributed by atoms with E-state index >= 15 is 0 Å². The Labute approximate surface area is 250 Å². The van der Waals surface area contributed by atoms with E-state index < -0.39 is 0 Å². The fourth-order valence-corrected chi connectivity index (χ4v) is 6.76. The van der Waals surface area contributed by atoms with Gasteiger partial charge in [0, 0.05) is 50.9 Å². The largest absolute Gasteiger partial charge is 0.484 e. The van der Waals surface area contributed by atoms with E-state index in [1.807, 2.05) is 83.6 Å². The second-order valence-electron chi connectivity index (χ2n) is 11.7. The van der Waals surface area contributed by atoms with Gasteiger partial charge < -0.3 is 19.4 Å². The number of hydrogen-bond acceptors (Lipinski definition) is 4. The second-order valence-corrected chi connectivity index (χ2v) is 11.7. The van der Waals surface area contributed by atoms with Crippen LogP contribution in [0.15, 0.2) is 104 Å². The van der Waals surface area contributed by atoms with Crippen molar-refractivity contribution in [1.29, 1.82) is 0 Å². The van der Waals surface area contributed by atoms with Gasteiger partial charge in [-0.25, -0.2) is 0 Å². The number of hydrogen-bond donors (Lipinski definition) is 0. The van der Waals surface area contributed by atoms with E-state index in [0.29, 0.717) is 24.1 Å². The summed E-state index contributed by atoms with van der Waals surface area (Å²) < 4.78 is 5.76. The van der Waals surface area contributed by atoms with E-state index in [4.69, 9.17) is 4.74 Å². The zero-order chi connectivity index (χ0) is 29.3. The Hall–Kier alpha value is -3.90. The molecule has 3 atom stereocenters. The molecule has 0 bridgehead atoms. The summed E-state index contributed by atoms with van der Waals surface area (Å²) in [6.07, 6.45) is 5.64. The summed E-state index contributed by atoms with van der Waals surface area (Å²) >= 11 is 0. The Morgan fingerprint density at radius 1 is 0.881 bits per heavy atom. The lowest BCUT2D eigenvalue weighted by molar-refractivity contribution is -0.136. The fourth-order valence-electron chi connectivity index (χ4n) is 6.76. The molecule has 0 N–H and O–H groups in total. The molecule has 6 nitrogen and oxygen atoms in total. The second kappa shape index (κ2) is 14.3. The monoisotopic (exact) mass is 565 g/mol. The SMILES string of the molecule is C=CCN(C(=O)COc1ccccc1)C1CCN(C[C@H]2CC(N(C)C(=O)c3ccccc3)CC2c2ccccc2)CC1. The summed E-state index contributed by atoms with van der Waals surface area (Å²) in [5, 5.41) is 0. The molecular formula is C36H43N3O3. The lowest BCUT2D eigenvalue weighted by Crippen LogP contribution is -2.49. The molecule has 0 aromatic heterocycles. The highest BCUT2D eigenvalue weighted by Gasteiger charge is 2.40. The van der Waals surface area contributed by atoms with Crippen LogP contribution in [0.25, 0.3) is 0 Å². The van der Waals surface area contributed by atoms with Crippen molar-refractivity contribution in [2.24, 2.45) is 5.92 Å². The zero-order valence-electron chi connectivity index (χ0n) is 24.7. The first-order valence-corrected chi connectivity index (χ1v) is 15.2. The molecule has 1 saturated heterocycles. The number of carbonyl (C=O) groups is 2.